The number of aromatic amines is 1. The first kappa shape index (κ1) is 24.1. The average Bonchev–Trinajstić information content (AvgIpc) is 3.56. The first-order valence-electron chi connectivity index (χ1n) is 12.0. The van der Waals surface area contributed by atoms with Gasteiger partial charge in [-0.25, -0.2) is 14.6 Å². The van der Waals surface area contributed by atoms with E-state index in [0.717, 1.165) is 28.7 Å². The fourth-order valence-electron chi connectivity index (χ4n) is 4.20. The van der Waals surface area contributed by atoms with Crippen LogP contribution in [-0.2, 0) is 11.3 Å². The van der Waals surface area contributed by atoms with Crippen molar-refractivity contribution in [1.29, 1.82) is 0 Å². The fraction of sp³-hybridized carbons (Fsp3) is 0.346. The van der Waals surface area contributed by atoms with Crippen LogP contribution < -0.4 is 10.6 Å². The molecule has 4 aromatic heterocycles. The number of H-pyrrole nitrogens is 1. The molecule has 5 rings (SSSR count). The van der Waals surface area contributed by atoms with E-state index in [0.29, 0.717) is 18.9 Å². The molecular formula is C26H32N8O. The monoisotopic (exact) mass is 472 g/mol. The first-order valence-corrected chi connectivity index (χ1v) is 12.0. The minimum Gasteiger partial charge on any atom is -0.355 e. The van der Waals surface area contributed by atoms with Crippen molar-refractivity contribution in [3.05, 3.63) is 77.5 Å². The summed E-state index contributed by atoms with van der Waals surface area (Å²) >= 11 is 0. The van der Waals surface area contributed by atoms with Gasteiger partial charge in [0.15, 0.2) is 11.6 Å². The highest BCUT2D eigenvalue weighted by molar-refractivity contribution is 5.53. The molecule has 0 aliphatic heterocycles. The number of carbonyl (C=O) groups is 1. The Morgan fingerprint density at radius 2 is 1.97 bits per heavy atom. The van der Waals surface area contributed by atoms with Crippen molar-refractivity contribution in [3.8, 4) is 5.82 Å². The second kappa shape index (κ2) is 11.9. The zero-order valence-electron chi connectivity index (χ0n) is 20.2. The minimum absolute atomic E-state index is 0.496. The summed E-state index contributed by atoms with van der Waals surface area (Å²) in [6.07, 6.45) is 12.5. The molecule has 1 aliphatic rings. The number of hydrogen-bond acceptors (Lipinski definition) is 6. The maximum atomic E-state index is 10.1. The van der Waals surface area contributed by atoms with E-state index in [1.54, 1.807) is 17.1 Å². The zero-order valence-corrected chi connectivity index (χ0v) is 20.2. The van der Waals surface area contributed by atoms with Gasteiger partial charge in [0.25, 0.3) is 0 Å². The number of rotatable bonds is 7. The van der Waals surface area contributed by atoms with Gasteiger partial charge in [-0.15, -0.1) is 0 Å². The summed E-state index contributed by atoms with van der Waals surface area (Å²) in [4.78, 5) is 19.1. The Morgan fingerprint density at radius 3 is 2.63 bits per heavy atom. The van der Waals surface area contributed by atoms with Gasteiger partial charge in [-0.2, -0.15) is 10.2 Å². The molecule has 0 saturated heterocycles. The summed E-state index contributed by atoms with van der Waals surface area (Å²) < 4.78 is 1.68. The smallest absolute Gasteiger partial charge is 0.207 e. The molecule has 0 unspecified atom stereocenters. The molecule has 35 heavy (non-hydrogen) atoms. The van der Waals surface area contributed by atoms with Gasteiger partial charge in [-0.1, -0.05) is 25.3 Å². The quantitative estimate of drug-likeness (QED) is 0.335. The third-order valence-electron chi connectivity index (χ3n) is 5.91. The summed E-state index contributed by atoms with van der Waals surface area (Å²) in [6.45, 7) is 4.63. The molecule has 1 fully saturated rings. The average molecular weight is 473 g/mol. The molecule has 4 heterocycles. The lowest BCUT2D eigenvalue weighted by Gasteiger charge is -2.22. The SMILES string of the molecule is Cc1cc(Nc2cc(C)[nH]n2)nc(C2CCCCC2)c1.O=CNCc1ccc(-n2cccn2)nc1. The van der Waals surface area contributed by atoms with Crippen molar-refractivity contribution in [2.45, 2.75) is 58.4 Å². The number of hydrogen-bond donors (Lipinski definition) is 3. The number of anilines is 2. The third-order valence-corrected chi connectivity index (χ3v) is 5.91. The van der Waals surface area contributed by atoms with Crippen LogP contribution in [0.3, 0.4) is 0 Å². The summed E-state index contributed by atoms with van der Waals surface area (Å²) in [6, 6.07) is 11.9. The van der Waals surface area contributed by atoms with Gasteiger partial charge >= 0.3 is 0 Å². The van der Waals surface area contributed by atoms with E-state index in [2.05, 4.69) is 50.0 Å². The standard InChI is InChI=1S/C16H22N4.C10H10N4O/c1-11-8-14(13-6-4-3-5-7-13)17-15(9-11)18-16-10-12(2)19-20-16;15-8-11-6-9-2-3-10(12-7-9)14-5-1-4-13-14/h8-10,13H,3-7H2,1-2H3,(H2,17,18,19,20);1-5,7-8H,6H2,(H,11,15). The Bertz CT molecular complexity index is 1190. The number of aromatic nitrogens is 6. The topological polar surface area (TPSA) is 113 Å². The Labute approximate surface area is 205 Å². The predicted molar refractivity (Wildman–Crippen MR) is 136 cm³/mol. The lowest BCUT2D eigenvalue weighted by molar-refractivity contribution is -0.109. The predicted octanol–water partition coefficient (Wildman–Crippen LogP) is 4.73. The molecule has 0 radical (unpaired) electrons. The summed E-state index contributed by atoms with van der Waals surface area (Å²) in [5.41, 5.74) is 4.50. The molecule has 4 aromatic rings. The third kappa shape index (κ3) is 6.99. The second-order valence-electron chi connectivity index (χ2n) is 8.82. The highest BCUT2D eigenvalue weighted by atomic mass is 16.1. The Kier molecular flexibility index (Phi) is 8.21. The summed E-state index contributed by atoms with van der Waals surface area (Å²) in [7, 11) is 0. The van der Waals surface area contributed by atoms with E-state index < -0.39 is 0 Å². The molecule has 9 heteroatoms. The van der Waals surface area contributed by atoms with Crippen LogP contribution in [0, 0.1) is 13.8 Å². The molecule has 0 bridgehead atoms. The molecule has 0 spiro atoms. The van der Waals surface area contributed by atoms with Crippen molar-refractivity contribution in [3.63, 3.8) is 0 Å². The highest BCUT2D eigenvalue weighted by Crippen LogP contribution is 2.32. The van der Waals surface area contributed by atoms with Gasteiger partial charge in [0, 0.05) is 48.5 Å². The van der Waals surface area contributed by atoms with Crippen LogP contribution in [0.25, 0.3) is 5.82 Å². The Balaban J connectivity index is 0.000000172. The van der Waals surface area contributed by atoms with E-state index in [9.17, 15) is 4.79 Å². The van der Waals surface area contributed by atoms with Crippen LogP contribution in [-0.4, -0.2) is 36.4 Å². The van der Waals surface area contributed by atoms with Crippen LogP contribution >= 0.6 is 0 Å². The Morgan fingerprint density at radius 1 is 1.11 bits per heavy atom. The van der Waals surface area contributed by atoms with Crippen LogP contribution in [0.2, 0.25) is 0 Å². The molecule has 3 N–H and O–H groups in total. The van der Waals surface area contributed by atoms with Crippen molar-refractivity contribution in [2.75, 3.05) is 5.32 Å². The van der Waals surface area contributed by atoms with Crippen LogP contribution in [0.1, 0.15) is 60.5 Å². The number of carbonyl (C=O) groups excluding carboxylic acids is 1. The van der Waals surface area contributed by atoms with Crippen LogP contribution in [0.4, 0.5) is 11.6 Å². The number of amides is 1. The largest absolute Gasteiger partial charge is 0.355 e. The maximum Gasteiger partial charge on any atom is 0.207 e. The number of nitrogens with one attached hydrogen (secondary N) is 3. The van der Waals surface area contributed by atoms with Gasteiger partial charge in [-0.3, -0.25) is 9.89 Å². The maximum absolute atomic E-state index is 10.1. The van der Waals surface area contributed by atoms with E-state index in [1.807, 2.05) is 37.4 Å². The van der Waals surface area contributed by atoms with Crippen LogP contribution in [0.5, 0.6) is 0 Å². The molecule has 182 valence electrons. The highest BCUT2D eigenvalue weighted by Gasteiger charge is 2.17. The lowest BCUT2D eigenvalue weighted by atomic mass is 9.86. The second-order valence-corrected chi connectivity index (χ2v) is 8.82. The van der Waals surface area contributed by atoms with Crippen molar-refractivity contribution in [1.82, 2.24) is 35.3 Å². The molecule has 0 atom stereocenters. The summed E-state index contributed by atoms with van der Waals surface area (Å²) in [5.74, 6) is 3.12. The Hall–Kier alpha value is -4.01. The van der Waals surface area contributed by atoms with Crippen LogP contribution in [0.15, 0.2) is 55.0 Å². The van der Waals surface area contributed by atoms with Gasteiger partial charge in [0.05, 0.1) is 0 Å². The molecule has 0 aromatic carbocycles. The lowest BCUT2D eigenvalue weighted by Crippen LogP contribution is -2.10. The number of aryl methyl sites for hydroxylation is 2. The van der Waals surface area contributed by atoms with Crippen molar-refractivity contribution >= 4 is 18.0 Å². The van der Waals surface area contributed by atoms with Crippen molar-refractivity contribution in [2.24, 2.45) is 0 Å². The van der Waals surface area contributed by atoms with Gasteiger partial charge in [0.2, 0.25) is 6.41 Å². The minimum atomic E-state index is 0.496. The van der Waals surface area contributed by atoms with Gasteiger partial charge in [0.1, 0.15) is 5.82 Å². The molecule has 1 saturated carbocycles. The molecule has 9 nitrogen and oxygen atoms in total. The first-order chi connectivity index (χ1) is 17.1. The van der Waals surface area contributed by atoms with Gasteiger partial charge < -0.3 is 10.6 Å². The van der Waals surface area contributed by atoms with Gasteiger partial charge in [-0.05, 0) is 62.1 Å². The molecular weight excluding hydrogens is 440 g/mol. The summed E-state index contributed by atoms with van der Waals surface area (Å²) in [5, 5.41) is 17.1. The van der Waals surface area contributed by atoms with Crippen molar-refractivity contribution < 1.29 is 4.79 Å². The van der Waals surface area contributed by atoms with E-state index in [1.165, 1.54) is 43.4 Å². The number of pyridine rings is 2. The molecule has 1 amide bonds. The molecule has 1 aliphatic carbocycles. The zero-order chi connectivity index (χ0) is 24.5. The van der Waals surface area contributed by atoms with E-state index in [-0.39, 0.29) is 0 Å². The normalized spacial score (nSPS) is 13.5. The van der Waals surface area contributed by atoms with E-state index in [4.69, 9.17) is 4.98 Å². The fourth-order valence-corrected chi connectivity index (χ4v) is 4.20. The number of nitrogens with zero attached hydrogens (tertiary/aromatic N) is 5. The van der Waals surface area contributed by atoms with E-state index >= 15 is 0 Å².